The smallest absolute Gasteiger partial charge is 0.244 e. The molecule has 0 radical (unpaired) electrons. The molecule has 0 saturated carbocycles. The molecule has 220 valence electrons. The Morgan fingerprint density at radius 2 is 1.59 bits per heavy atom. The van der Waals surface area contributed by atoms with Gasteiger partial charge in [0.05, 0.1) is 11.9 Å². The molecule has 7 nitrogen and oxygen atoms in total. The van der Waals surface area contributed by atoms with Crippen LogP contribution in [0, 0.1) is 6.92 Å². The fourth-order valence-electron chi connectivity index (χ4n) is 4.26. The van der Waals surface area contributed by atoms with E-state index in [0.717, 1.165) is 34.5 Å². The average Bonchev–Trinajstić information content (AvgIpc) is 2.92. The lowest BCUT2D eigenvalue weighted by Gasteiger charge is -2.34. The van der Waals surface area contributed by atoms with E-state index < -0.39 is 28.5 Å². The number of aryl methyl sites for hydroxylation is 1. The summed E-state index contributed by atoms with van der Waals surface area (Å²) in [6, 6.07) is 18.1. The number of unbranched alkanes of at least 4 members (excludes halogenated alkanes) is 1. The van der Waals surface area contributed by atoms with Crippen molar-refractivity contribution in [3.8, 4) is 0 Å². The number of benzene rings is 3. The normalized spacial score (nSPS) is 12.0. The Morgan fingerprint density at radius 3 is 2.17 bits per heavy atom. The zero-order chi connectivity index (χ0) is 30.2. The van der Waals surface area contributed by atoms with Crippen LogP contribution in [0.5, 0.6) is 0 Å². The number of carbonyl (C=O) groups excluding carboxylic acids is 2. The van der Waals surface area contributed by atoms with Crippen molar-refractivity contribution >= 4 is 62.3 Å². The number of sulfonamides is 1. The van der Waals surface area contributed by atoms with Crippen molar-refractivity contribution < 1.29 is 18.0 Å². The molecule has 0 bridgehead atoms. The molecule has 3 aromatic carbocycles. The van der Waals surface area contributed by atoms with Gasteiger partial charge in [-0.1, -0.05) is 90.6 Å². The minimum Gasteiger partial charge on any atom is -0.354 e. The molecule has 1 N–H and O–H groups in total. The second-order valence-corrected chi connectivity index (χ2v) is 12.9. The molecular weight excluding hydrogens is 605 g/mol. The number of nitrogens with zero attached hydrogens (tertiary/aromatic N) is 2. The van der Waals surface area contributed by atoms with Gasteiger partial charge < -0.3 is 10.2 Å². The van der Waals surface area contributed by atoms with E-state index in [1.165, 1.54) is 11.0 Å². The number of nitrogens with one attached hydrogen (secondary N) is 1. The highest BCUT2D eigenvalue weighted by atomic mass is 35.5. The summed E-state index contributed by atoms with van der Waals surface area (Å²) in [5, 5.41) is 3.95. The average molecular weight is 639 g/mol. The highest BCUT2D eigenvalue weighted by Crippen LogP contribution is 2.29. The van der Waals surface area contributed by atoms with E-state index in [9.17, 15) is 18.0 Å². The molecule has 3 rings (SSSR count). The van der Waals surface area contributed by atoms with Crippen molar-refractivity contribution in [2.75, 3.05) is 23.7 Å². The van der Waals surface area contributed by atoms with Crippen LogP contribution in [0.2, 0.25) is 15.1 Å². The van der Waals surface area contributed by atoms with Gasteiger partial charge in [-0.25, -0.2) is 8.42 Å². The zero-order valence-corrected chi connectivity index (χ0v) is 26.3. The fraction of sp³-hybridized carbons (Fsp3) is 0.333. The lowest BCUT2D eigenvalue weighted by molar-refractivity contribution is -0.140. The van der Waals surface area contributed by atoms with Gasteiger partial charge in [0, 0.05) is 40.1 Å². The number of rotatable bonds is 13. The van der Waals surface area contributed by atoms with Crippen molar-refractivity contribution in [1.82, 2.24) is 10.2 Å². The van der Waals surface area contributed by atoms with Crippen LogP contribution in [0.1, 0.15) is 36.5 Å². The summed E-state index contributed by atoms with van der Waals surface area (Å²) in [6.45, 7) is 3.57. The minimum absolute atomic E-state index is 0.109. The van der Waals surface area contributed by atoms with Crippen molar-refractivity contribution in [3.05, 3.63) is 98.5 Å². The molecule has 0 fully saturated rings. The molecule has 0 aliphatic heterocycles. The van der Waals surface area contributed by atoms with Gasteiger partial charge in [0.1, 0.15) is 12.6 Å². The van der Waals surface area contributed by atoms with Crippen LogP contribution in [0.25, 0.3) is 0 Å². The van der Waals surface area contributed by atoms with Gasteiger partial charge in [0.2, 0.25) is 21.8 Å². The predicted octanol–water partition coefficient (Wildman–Crippen LogP) is 6.28. The Morgan fingerprint density at radius 1 is 0.927 bits per heavy atom. The summed E-state index contributed by atoms with van der Waals surface area (Å²) < 4.78 is 26.8. The summed E-state index contributed by atoms with van der Waals surface area (Å²) in [7, 11) is -3.91. The molecular formula is C30H34Cl3N3O4S. The Balaban J connectivity index is 2.09. The quantitative estimate of drug-likeness (QED) is 0.223. The van der Waals surface area contributed by atoms with Crippen molar-refractivity contribution in [3.63, 3.8) is 0 Å². The summed E-state index contributed by atoms with van der Waals surface area (Å²) in [5.41, 5.74) is 2.28. The van der Waals surface area contributed by atoms with Gasteiger partial charge in [-0.3, -0.25) is 13.9 Å². The van der Waals surface area contributed by atoms with E-state index in [2.05, 4.69) is 5.32 Å². The molecule has 3 aromatic rings. The molecule has 1 atom stereocenters. The van der Waals surface area contributed by atoms with Gasteiger partial charge in [-0.05, 0) is 48.7 Å². The summed E-state index contributed by atoms with van der Waals surface area (Å²) >= 11 is 19.3. The first-order valence-corrected chi connectivity index (χ1v) is 16.2. The summed E-state index contributed by atoms with van der Waals surface area (Å²) in [5.74, 6) is -0.960. The van der Waals surface area contributed by atoms with E-state index in [0.29, 0.717) is 27.2 Å². The molecule has 2 amide bonds. The number of anilines is 1. The molecule has 11 heteroatoms. The van der Waals surface area contributed by atoms with Crippen molar-refractivity contribution in [2.24, 2.45) is 0 Å². The molecule has 0 aromatic heterocycles. The zero-order valence-electron chi connectivity index (χ0n) is 23.2. The highest BCUT2D eigenvalue weighted by Gasteiger charge is 2.33. The maximum absolute atomic E-state index is 14.1. The third kappa shape index (κ3) is 9.10. The molecule has 0 aliphatic rings. The second kappa shape index (κ2) is 14.9. The first kappa shape index (κ1) is 32.7. The Labute approximate surface area is 257 Å². The van der Waals surface area contributed by atoms with Gasteiger partial charge in [0.25, 0.3) is 0 Å². The lowest BCUT2D eigenvalue weighted by atomic mass is 10.0. The maximum atomic E-state index is 14.1. The summed E-state index contributed by atoms with van der Waals surface area (Å²) in [6.07, 6.45) is 2.86. The molecule has 0 heterocycles. The van der Waals surface area contributed by atoms with Crippen LogP contribution in [0.15, 0.2) is 66.7 Å². The van der Waals surface area contributed by atoms with E-state index in [4.69, 9.17) is 34.8 Å². The van der Waals surface area contributed by atoms with Crippen LogP contribution in [0.3, 0.4) is 0 Å². The highest BCUT2D eigenvalue weighted by molar-refractivity contribution is 7.92. The third-order valence-corrected chi connectivity index (χ3v) is 8.87. The maximum Gasteiger partial charge on any atom is 0.244 e. The SMILES string of the molecule is CCCCNC(=O)[C@@H](Cc1ccccc1)N(Cc1c(Cl)cccc1Cl)C(=O)CN(c1ccc(C)c(Cl)c1)S(C)(=O)=O. The van der Waals surface area contributed by atoms with Crippen molar-refractivity contribution in [2.45, 2.75) is 45.7 Å². The van der Waals surface area contributed by atoms with Crippen LogP contribution in [0.4, 0.5) is 5.69 Å². The molecule has 0 saturated heterocycles. The third-order valence-electron chi connectivity index (χ3n) is 6.61. The molecule has 41 heavy (non-hydrogen) atoms. The van der Waals surface area contributed by atoms with Gasteiger partial charge in [-0.2, -0.15) is 0 Å². The fourth-order valence-corrected chi connectivity index (χ4v) is 5.80. The number of hydrogen-bond acceptors (Lipinski definition) is 4. The van der Waals surface area contributed by atoms with E-state index in [1.54, 1.807) is 37.3 Å². The van der Waals surface area contributed by atoms with Crippen LogP contribution >= 0.6 is 34.8 Å². The van der Waals surface area contributed by atoms with Crippen molar-refractivity contribution in [1.29, 1.82) is 0 Å². The lowest BCUT2D eigenvalue weighted by Crippen LogP contribution is -2.53. The van der Waals surface area contributed by atoms with Crippen LogP contribution in [-0.4, -0.2) is 50.5 Å². The van der Waals surface area contributed by atoms with E-state index in [1.807, 2.05) is 37.3 Å². The molecule has 0 unspecified atom stereocenters. The number of hydrogen-bond donors (Lipinski definition) is 1. The Kier molecular flexibility index (Phi) is 11.9. The topological polar surface area (TPSA) is 86.8 Å². The van der Waals surface area contributed by atoms with Gasteiger partial charge >= 0.3 is 0 Å². The first-order chi connectivity index (χ1) is 19.4. The van der Waals surface area contributed by atoms with Gasteiger partial charge in [-0.15, -0.1) is 0 Å². The Bertz CT molecular complexity index is 1450. The molecule has 0 spiro atoms. The number of amides is 2. The number of halogens is 3. The monoisotopic (exact) mass is 637 g/mol. The predicted molar refractivity (Wildman–Crippen MR) is 167 cm³/mol. The van der Waals surface area contributed by atoms with E-state index in [-0.39, 0.29) is 24.6 Å². The van der Waals surface area contributed by atoms with E-state index >= 15 is 0 Å². The molecule has 0 aliphatic carbocycles. The second-order valence-electron chi connectivity index (χ2n) is 9.78. The first-order valence-electron chi connectivity index (χ1n) is 13.2. The Hall–Kier alpha value is -2.78. The van der Waals surface area contributed by atoms with Crippen LogP contribution < -0.4 is 9.62 Å². The minimum atomic E-state index is -3.91. The number of carbonyl (C=O) groups is 2. The summed E-state index contributed by atoms with van der Waals surface area (Å²) in [4.78, 5) is 29.1. The van der Waals surface area contributed by atoms with Gasteiger partial charge in [0.15, 0.2) is 0 Å². The standard InChI is InChI=1S/C30H34Cl3N3O4S/c1-4-5-16-34-30(38)28(17-22-10-7-6-8-11-22)35(19-24-25(31)12-9-13-26(24)32)29(37)20-36(41(3,39)40)23-15-14-21(2)27(33)18-23/h6-15,18,28H,4-5,16-17,19-20H2,1-3H3,(H,34,38)/t28-/m1/s1. The van der Waals surface area contributed by atoms with Crippen LogP contribution in [-0.2, 0) is 32.6 Å². The largest absolute Gasteiger partial charge is 0.354 e.